The molecule has 1 N–H and O–H groups in total. The van der Waals surface area contributed by atoms with Crippen LogP contribution in [-0.4, -0.2) is 40.4 Å². The van der Waals surface area contributed by atoms with Gasteiger partial charge >= 0.3 is 0 Å². The fourth-order valence-electron chi connectivity index (χ4n) is 2.31. The van der Waals surface area contributed by atoms with Gasteiger partial charge in [-0.05, 0) is 18.1 Å². The summed E-state index contributed by atoms with van der Waals surface area (Å²) in [6.07, 6.45) is 0.683. The smallest absolute Gasteiger partial charge is 0.257 e. The number of methoxy groups -OCH3 is 3. The van der Waals surface area contributed by atoms with Gasteiger partial charge in [-0.1, -0.05) is 18.2 Å². The zero-order valence-corrected chi connectivity index (χ0v) is 14.7. The average Bonchev–Trinajstić information content (AvgIpc) is 2.66. The first kappa shape index (κ1) is 18.4. The highest BCUT2D eigenvalue weighted by Crippen LogP contribution is 2.27. The Morgan fingerprint density at radius 3 is 2.20 bits per heavy atom. The normalized spacial score (nSPS) is 10.0. The van der Waals surface area contributed by atoms with Crippen LogP contribution in [0.1, 0.15) is 5.56 Å². The zero-order valence-electron chi connectivity index (χ0n) is 14.7. The fourth-order valence-corrected chi connectivity index (χ4v) is 2.31. The number of amides is 1. The van der Waals surface area contributed by atoms with Crippen LogP contribution in [0.25, 0.3) is 0 Å². The third-order valence-electron chi connectivity index (χ3n) is 3.60. The minimum Gasteiger partial charge on any atom is -0.496 e. The van der Waals surface area contributed by atoms with Gasteiger partial charge < -0.3 is 24.3 Å². The lowest BCUT2D eigenvalue weighted by molar-refractivity contribution is -0.123. The number of hydrogen-bond donors (Lipinski definition) is 1. The summed E-state index contributed by atoms with van der Waals surface area (Å²) >= 11 is 0. The highest BCUT2D eigenvalue weighted by molar-refractivity contribution is 5.77. The van der Waals surface area contributed by atoms with Gasteiger partial charge in [0.15, 0.2) is 6.61 Å². The maximum atomic E-state index is 11.9. The average molecular weight is 345 g/mol. The predicted molar refractivity (Wildman–Crippen MR) is 94.7 cm³/mol. The Morgan fingerprint density at radius 2 is 1.56 bits per heavy atom. The topological polar surface area (TPSA) is 66.0 Å². The molecule has 0 saturated carbocycles. The highest BCUT2D eigenvalue weighted by atomic mass is 16.5. The SMILES string of the molecule is COc1cc(OC)cc(OCC(=O)NCCc2ccccc2OC)c1. The lowest BCUT2D eigenvalue weighted by Crippen LogP contribution is -2.30. The van der Waals surface area contributed by atoms with Gasteiger partial charge in [-0.15, -0.1) is 0 Å². The molecule has 2 aromatic carbocycles. The van der Waals surface area contributed by atoms with E-state index in [0.29, 0.717) is 30.2 Å². The van der Waals surface area contributed by atoms with Gasteiger partial charge in [-0.25, -0.2) is 0 Å². The van der Waals surface area contributed by atoms with E-state index in [2.05, 4.69) is 5.32 Å². The molecule has 0 heterocycles. The molecule has 0 aliphatic rings. The van der Waals surface area contributed by atoms with Crippen LogP contribution in [0.5, 0.6) is 23.0 Å². The molecule has 6 nitrogen and oxygen atoms in total. The maximum Gasteiger partial charge on any atom is 0.257 e. The summed E-state index contributed by atoms with van der Waals surface area (Å²) in [6, 6.07) is 12.9. The molecule has 134 valence electrons. The van der Waals surface area contributed by atoms with Crippen LogP contribution in [0.15, 0.2) is 42.5 Å². The van der Waals surface area contributed by atoms with Crippen molar-refractivity contribution in [2.75, 3.05) is 34.5 Å². The molecule has 2 rings (SSSR count). The monoisotopic (exact) mass is 345 g/mol. The molecule has 0 atom stereocenters. The maximum absolute atomic E-state index is 11.9. The lowest BCUT2D eigenvalue weighted by atomic mass is 10.1. The van der Waals surface area contributed by atoms with Crippen LogP contribution in [0.3, 0.4) is 0 Å². The van der Waals surface area contributed by atoms with E-state index in [1.807, 2.05) is 24.3 Å². The first-order valence-corrected chi connectivity index (χ1v) is 7.90. The number of nitrogens with one attached hydrogen (secondary N) is 1. The van der Waals surface area contributed by atoms with Crippen LogP contribution in [0, 0.1) is 0 Å². The summed E-state index contributed by atoms with van der Waals surface area (Å²) in [5.41, 5.74) is 1.05. The summed E-state index contributed by atoms with van der Waals surface area (Å²) in [4.78, 5) is 11.9. The van der Waals surface area contributed by atoms with E-state index in [4.69, 9.17) is 18.9 Å². The minimum absolute atomic E-state index is 0.0811. The van der Waals surface area contributed by atoms with Crippen LogP contribution in [-0.2, 0) is 11.2 Å². The van der Waals surface area contributed by atoms with Gasteiger partial charge in [0.25, 0.3) is 5.91 Å². The van der Waals surface area contributed by atoms with Crippen LogP contribution >= 0.6 is 0 Å². The number of rotatable bonds is 9. The van der Waals surface area contributed by atoms with Crippen molar-refractivity contribution in [1.29, 1.82) is 0 Å². The molecule has 6 heteroatoms. The van der Waals surface area contributed by atoms with Gasteiger partial charge in [-0.2, -0.15) is 0 Å². The van der Waals surface area contributed by atoms with Crippen LogP contribution in [0.4, 0.5) is 0 Å². The Morgan fingerprint density at radius 1 is 0.920 bits per heavy atom. The number of carbonyl (C=O) groups is 1. The Kier molecular flexibility index (Phi) is 6.95. The second-order valence-electron chi connectivity index (χ2n) is 5.25. The van der Waals surface area contributed by atoms with Gasteiger partial charge in [0.05, 0.1) is 21.3 Å². The molecule has 0 aliphatic heterocycles. The molecule has 0 radical (unpaired) electrons. The van der Waals surface area contributed by atoms with E-state index in [1.54, 1.807) is 39.5 Å². The van der Waals surface area contributed by atoms with E-state index in [0.717, 1.165) is 11.3 Å². The zero-order chi connectivity index (χ0) is 18.1. The Bertz CT molecular complexity index is 680. The largest absolute Gasteiger partial charge is 0.496 e. The molecule has 2 aromatic rings. The molecule has 0 unspecified atom stereocenters. The third kappa shape index (κ3) is 5.60. The van der Waals surface area contributed by atoms with Crippen molar-refractivity contribution in [2.45, 2.75) is 6.42 Å². The molecule has 0 fully saturated rings. The van der Waals surface area contributed by atoms with Crippen molar-refractivity contribution in [2.24, 2.45) is 0 Å². The summed E-state index contributed by atoms with van der Waals surface area (Å²) in [6.45, 7) is 0.423. The number of hydrogen-bond acceptors (Lipinski definition) is 5. The molecular weight excluding hydrogens is 322 g/mol. The van der Waals surface area contributed by atoms with Crippen LogP contribution < -0.4 is 24.3 Å². The number of carbonyl (C=O) groups excluding carboxylic acids is 1. The second kappa shape index (κ2) is 9.42. The third-order valence-corrected chi connectivity index (χ3v) is 3.60. The first-order valence-electron chi connectivity index (χ1n) is 7.90. The fraction of sp³-hybridized carbons (Fsp3) is 0.316. The van der Waals surface area contributed by atoms with E-state index in [9.17, 15) is 4.79 Å². The quantitative estimate of drug-likeness (QED) is 0.756. The molecule has 0 aliphatic carbocycles. The molecule has 0 spiro atoms. The van der Waals surface area contributed by atoms with Gasteiger partial charge in [0.2, 0.25) is 0 Å². The standard InChI is InChI=1S/C19H23NO5/c1-22-15-10-16(23-2)12-17(11-15)25-13-19(21)20-9-8-14-6-4-5-7-18(14)24-3/h4-7,10-12H,8-9,13H2,1-3H3,(H,20,21). The van der Waals surface area contributed by atoms with Crippen molar-refractivity contribution in [3.05, 3.63) is 48.0 Å². The lowest BCUT2D eigenvalue weighted by Gasteiger charge is -2.11. The van der Waals surface area contributed by atoms with Gasteiger partial charge in [0.1, 0.15) is 23.0 Å². The van der Waals surface area contributed by atoms with Crippen molar-refractivity contribution in [3.8, 4) is 23.0 Å². The van der Waals surface area contributed by atoms with E-state index < -0.39 is 0 Å². The Labute approximate surface area is 147 Å². The predicted octanol–water partition coefficient (Wildman–Crippen LogP) is 2.45. The number of benzene rings is 2. The second-order valence-corrected chi connectivity index (χ2v) is 5.25. The first-order chi connectivity index (χ1) is 12.2. The number of ether oxygens (including phenoxy) is 4. The van der Waals surface area contributed by atoms with Crippen molar-refractivity contribution in [3.63, 3.8) is 0 Å². The van der Waals surface area contributed by atoms with E-state index in [-0.39, 0.29) is 12.5 Å². The summed E-state index contributed by atoms with van der Waals surface area (Å²) in [5.74, 6) is 2.33. The highest BCUT2D eigenvalue weighted by Gasteiger charge is 2.07. The van der Waals surface area contributed by atoms with Crippen molar-refractivity contribution >= 4 is 5.91 Å². The molecule has 0 bridgehead atoms. The Balaban J connectivity index is 1.81. The van der Waals surface area contributed by atoms with Crippen LogP contribution in [0.2, 0.25) is 0 Å². The summed E-state index contributed by atoms with van der Waals surface area (Å²) in [5, 5.41) is 2.83. The molecule has 1 amide bonds. The van der Waals surface area contributed by atoms with E-state index in [1.165, 1.54) is 0 Å². The number of para-hydroxylation sites is 1. The summed E-state index contributed by atoms with van der Waals surface area (Å²) in [7, 11) is 4.75. The van der Waals surface area contributed by atoms with E-state index >= 15 is 0 Å². The molecular formula is C19H23NO5. The molecule has 0 saturated heterocycles. The van der Waals surface area contributed by atoms with Crippen molar-refractivity contribution in [1.82, 2.24) is 5.32 Å². The van der Waals surface area contributed by atoms with Gasteiger partial charge in [0, 0.05) is 24.7 Å². The molecule has 25 heavy (non-hydrogen) atoms. The molecule has 0 aromatic heterocycles. The summed E-state index contributed by atoms with van der Waals surface area (Å²) < 4.78 is 21.1. The van der Waals surface area contributed by atoms with Gasteiger partial charge in [-0.3, -0.25) is 4.79 Å². The Hall–Kier alpha value is -2.89. The minimum atomic E-state index is -0.198. The van der Waals surface area contributed by atoms with Crippen molar-refractivity contribution < 1.29 is 23.7 Å².